The van der Waals surface area contributed by atoms with Crippen LogP contribution in [-0.2, 0) is 10.2 Å². The molecule has 0 atom stereocenters. The van der Waals surface area contributed by atoms with Gasteiger partial charge in [-0.3, -0.25) is 4.72 Å². The van der Waals surface area contributed by atoms with E-state index in [0.717, 1.165) is 6.42 Å². The second-order valence-corrected chi connectivity index (χ2v) is 5.91. The van der Waals surface area contributed by atoms with E-state index >= 15 is 0 Å². The van der Waals surface area contributed by atoms with E-state index in [0.29, 0.717) is 23.7 Å². The van der Waals surface area contributed by atoms with Gasteiger partial charge in [0.15, 0.2) is 5.75 Å². The van der Waals surface area contributed by atoms with Crippen LogP contribution in [0.1, 0.15) is 13.3 Å². The summed E-state index contributed by atoms with van der Waals surface area (Å²) < 4.78 is 34.4. The normalized spacial score (nSPS) is 11.1. The smallest absolute Gasteiger partial charge is 0.299 e. The molecule has 0 aromatic heterocycles. The molecule has 0 spiro atoms. The topological polar surface area (TPSA) is 67.4 Å². The minimum atomic E-state index is -3.59. The maximum Gasteiger partial charge on any atom is 0.299 e. The van der Waals surface area contributed by atoms with Gasteiger partial charge in [-0.05, 0) is 30.7 Å². The second kappa shape index (κ2) is 7.10. The van der Waals surface area contributed by atoms with Gasteiger partial charge in [0.1, 0.15) is 5.75 Å². The van der Waals surface area contributed by atoms with E-state index in [1.165, 1.54) is 0 Å². The molecule has 5 nitrogen and oxygen atoms in total. The average molecular weight is 306 g/mol. The third-order valence-electron chi connectivity index (χ3n) is 2.64. The molecule has 0 aliphatic heterocycles. The molecule has 0 unspecified atom stereocenters. The lowest BCUT2D eigenvalue weighted by molar-refractivity contribution is 0.484. The molecule has 0 aliphatic rings. The summed E-state index contributed by atoms with van der Waals surface area (Å²) in [6.07, 6.45) is 0.725. The lowest BCUT2D eigenvalue weighted by Gasteiger charge is -2.13. The third-order valence-corrected chi connectivity index (χ3v) is 3.72. The highest BCUT2D eigenvalue weighted by Crippen LogP contribution is 2.29. The molecule has 0 heterocycles. The number of rotatable bonds is 7. The van der Waals surface area contributed by atoms with Crippen LogP contribution in [0.4, 0.5) is 5.69 Å². The van der Waals surface area contributed by atoms with Crippen molar-refractivity contribution < 1.29 is 13.2 Å². The van der Waals surface area contributed by atoms with Crippen LogP contribution in [0.15, 0.2) is 54.6 Å². The Morgan fingerprint density at radius 1 is 1.00 bits per heavy atom. The standard InChI is InChI=1S/C15H18N2O3S/c1-2-12-16-21(18,19)17-14-10-6-7-11-15(14)20-13-8-4-3-5-9-13/h3-11,16-17H,2,12H2,1H3. The van der Waals surface area contributed by atoms with Crippen molar-refractivity contribution in [3.63, 3.8) is 0 Å². The molecule has 0 amide bonds. The van der Waals surface area contributed by atoms with E-state index in [-0.39, 0.29) is 0 Å². The quantitative estimate of drug-likeness (QED) is 0.826. The van der Waals surface area contributed by atoms with Crippen LogP contribution in [-0.4, -0.2) is 15.0 Å². The highest BCUT2D eigenvalue weighted by molar-refractivity contribution is 7.90. The molecule has 0 saturated carbocycles. The minimum absolute atomic E-state index is 0.386. The van der Waals surface area contributed by atoms with Gasteiger partial charge in [0.2, 0.25) is 0 Å². The number of benzene rings is 2. The zero-order valence-electron chi connectivity index (χ0n) is 11.7. The Morgan fingerprint density at radius 3 is 2.38 bits per heavy atom. The van der Waals surface area contributed by atoms with E-state index in [1.807, 2.05) is 25.1 Å². The first-order chi connectivity index (χ1) is 10.1. The lowest BCUT2D eigenvalue weighted by atomic mass is 10.3. The third kappa shape index (κ3) is 4.77. The molecule has 2 aromatic carbocycles. The van der Waals surface area contributed by atoms with Crippen molar-refractivity contribution in [2.75, 3.05) is 11.3 Å². The van der Waals surface area contributed by atoms with Gasteiger partial charge in [0, 0.05) is 6.54 Å². The molecule has 0 aliphatic carbocycles. The van der Waals surface area contributed by atoms with Crippen molar-refractivity contribution >= 4 is 15.9 Å². The lowest BCUT2D eigenvalue weighted by Crippen LogP contribution is -2.30. The first-order valence-corrected chi connectivity index (χ1v) is 8.18. The van der Waals surface area contributed by atoms with Crippen molar-refractivity contribution in [2.24, 2.45) is 0 Å². The molecular weight excluding hydrogens is 288 g/mol. The number of hydrogen-bond donors (Lipinski definition) is 2. The van der Waals surface area contributed by atoms with Gasteiger partial charge < -0.3 is 4.74 Å². The maximum atomic E-state index is 11.9. The molecule has 112 valence electrons. The molecule has 2 N–H and O–H groups in total. The second-order valence-electron chi connectivity index (χ2n) is 4.41. The molecule has 6 heteroatoms. The zero-order chi connectivity index (χ0) is 15.1. The fraction of sp³-hybridized carbons (Fsp3) is 0.200. The predicted molar refractivity (Wildman–Crippen MR) is 83.8 cm³/mol. The Hall–Kier alpha value is -2.05. The summed E-state index contributed by atoms with van der Waals surface area (Å²) in [6.45, 7) is 2.28. The van der Waals surface area contributed by atoms with Gasteiger partial charge in [-0.25, -0.2) is 0 Å². The van der Waals surface area contributed by atoms with Crippen LogP contribution < -0.4 is 14.2 Å². The predicted octanol–water partition coefficient (Wildman–Crippen LogP) is 3.14. The SMILES string of the molecule is CCCNS(=O)(=O)Nc1ccccc1Oc1ccccc1. The first kappa shape index (κ1) is 15.3. The molecule has 21 heavy (non-hydrogen) atoms. The summed E-state index contributed by atoms with van der Waals surface area (Å²) in [7, 11) is -3.59. The summed E-state index contributed by atoms with van der Waals surface area (Å²) >= 11 is 0. The zero-order valence-corrected chi connectivity index (χ0v) is 12.6. The summed E-state index contributed by atoms with van der Waals surface area (Å²) in [5, 5.41) is 0. The van der Waals surface area contributed by atoms with Gasteiger partial charge in [0.05, 0.1) is 5.69 Å². The number of para-hydroxylation sites is 3. The molecule has 2 rings (SSSR count). The van der Waals surface area contributed by atoms with Gasteiger partial charge in [-0.15, -0.1) is 0 Å². The van der Waals surface area contributed by atoms with E-state index in [9.17, 15) is 8.42 Å². The van der Waals surface area contributed by atoms with Crippen molar-refractivity contribution in [1.29, 1.82) is 0 Å². The largest absolute Gasteiger partial charge is 0.455 e. The molecule has 2 aromatic rings. The monoisotopic (exact) mass is 306 g/mol. The number of anilines is 1. The Kier molecular flexibility index (Phi) is 5.19. The van der Waals surface area contributed by atoms with E-state index in [2.05, 4.69) is 9.44 Å². The van der Waals surface area contributed by atoms with Gasteiger partial charge in [0.25, 0.3) is 10.2 Å². The van der Waals surface area contributed by atoms with Crippen LogP contribution in [0.5, 0.6) is 11.5 Å². The minimum Gasteiger partial charge on any atom is -0.455 e. The summed E-state index contributed by atoms with van der Waals surface area (Å²) in [6, 6.07) is 16.1. The van der Waals surface area contributed by atoms with Crippen molar-refractivity contribution in [3.05, 3.63) is 54.6 Å². The van der Waals surface area contributed by atoms with Crippen LogP contribution in [0.2, 0.25) is 0 Å². The summed E-state index contributed by atoms with van der Waals surface area (Å²) in [5.74, 6) is 1.09. The van der Waals surface area contributed by atoms with E-state index in [4.69, 9.17) is 4.74 Å². The van der Waals surface area contributed by atoms with E-state index < -0.39 is 10.2 Å². The Balaban J connectivity index is 2.17. The number of nitrogens with one attached hydrogen (secondary N) is 2. The molecule has 0 radical (unpaired) electrons. The van der Waals surface area contributed by atoms with Crippen LogP contribution in [0, 0.1) is 0 Å². The summed E-state index contributed by atoms with van der Waals surface area (Å²) in [4.78, 5) is 0. The van der Waals surface area contributed by atoms with Crippen LogP contribution in [0.3, 0.4) is 0 Å². The van der Waals surface area contributed by atoms with Gasteiger partial charge >= 0.3 is 0 Å². The van der Waals surface area contributed by atoms with Gasteiger partial charge in [-0.2, -0.15) is 13.1 Å². The van der Waals surface area contributed by atoms with Crippen LogP contribution >= 0.6 is 0 Å². The highest BCUT2D eigenvalue weighted by atomic mass is 32.2. The highest BCUT2D eigenvalue weighted by Gasteiger charge is 2.12. The van der Waals surface area contributed by atoms with Crippen molar-refractivity contribution in [1.82, 2.24) is 4.72 Å². The molecule has 0 bridgehead atoms. The molecular formula is C15H18N2O3S. The summed E-state index contributed by atoms with van der Waals surface area (Å²) in [5.41, 5.74) is 0.393. The van der Waals surface area contributed by atoms with Crippen molar-refractivity contribution in [2.45, 2.75) is 13.3 Å². The van der Waals surface area contributed by atoms with Crippen LogP contribution in [0.25, 0.3) is 0 Å². The maximum absolute atomic E-state index is 11.9. The fourth-order valence-corrected chi connectivity index (χ4v) is 2.68. The Bertz CT molecular complexity index is 672. The first-order valence-electron chi connectivity index (χ1n) is 6.70. The number of hydrogen-bond acceptors (Lipinski definition) is 3. The number of ether oxygens (including phenoxy) is 1. The molecule has 0 saturated heterocycles. The fourth-order valence-electron chi connectivity index (χ4n) is 1.67. The van der Waals surface area contributed by atoms with Gasteiger partial charge in [-0.1, -0.05) is 37.3 Å². The van der Waals surface area contributed by atoms with E-state index in [1.54, 1.807) is 36.4 Å². The van der Waals surface area contributed by atoms with Crippen molar-refractivity contribution in [3.8, 4) is 11.5 Å². The molecule has 0 fully saturated rings. The average Bonchev–Trinajstić information content (AvgIpc) is 2.48. The Labute approximate surface area is 125 Å². The Morgan fingerprint density at radius 2 is 1.67 bits per heavy atom.